The molecular weight excluding hydrogens is 332 g/mol. The highest BCUT2D eigenvalue weighted by molar-refractivity contribution is 5.14. The number of hydrogen-bond acceptors (Lipinski definition) is 5. The first-order valence-electron chi connectivity index (χ1n) is 8.94. The van der Waals surface area contributed by atoms with Crippen molar-refractivity contribution in [2.75, 3.05) is 6.61 Å². The van der Waals surface area contributed by atoms with Gasteiger partial charge in [0.05, 0.1) is 25.9 Å². The van der Waals surface area contributed by atoms with Gasteiger partial charge in [-0.05, 0) is 18.1 Å². The average molecular weight is 358 g/mol. The molecule has 0 aliphatic carbocycles. The average Bonchev–Trinajstić information content (AvgIpc) is 2.69. The molecule has 140 valence electrons. The van der Waals surface area contributed by atoms with Crippen molar-refractivity contribution < 1.29 is 24.4 Å². The van der Waals surface area contributed by atoms with E-state index in [4.69, 9.17) is 14.2 Å². The zero-order chi connectivity index (χ0) is 18.4. The molecule has 0 aromatic heterocycles. The Bertz CT molecular complexity index is 648. The molecule has 1 aliphatic heterocycles. The molecule has 2 unspecified atom stereocenters. The van der Waals surface area contributed by atoms with Crippen LogP contribution in [0.2, 0.25) is 0 Å². The molecule has 0 amide bonds. The van der Waals surface area contributed by atoms with Gasteiger partial charge in [0, 0.05) is 0 Å². The Morgan fingerprint density at radius 2 is 1.35 bits per heavy atom. The second-order valence-electron chi connectivity index (χ2n) is 6.58. The normalized spacial score (nSPS) is 28.8. The van der Waals surface area contributed by atoms with Crippen LogP contribution in [0.4, 0.5) is 0 Å². The monoisotopic (exact) mass is 358 g/mol. The Kier molecular flexibility index (Phi) is 6.77. The minimum absolute atomic E-state index is 0.262. The lowest BCUT2D eigenvalue weighted by atomic mass is 9.95. The molecule has 0 spiro atoms. The summed E-state index contributed by atoms with van der Waals surface area (Å²) < 4.78 is 17.8. The zero-order valence-electron chi connectivity index (χ0n) is 14.9. The van der Waals surface area contributed by atoms with E-state index in [1.54, 1.807) is 0 Å². The summed E-state index contributed by atoms with van der Waals surface area (Å²) in [5.41, 5.74) is 2.06. The standard InChI is InChI=1S/C21H26O5/c1-15-20(24-13-16-8-4-2-5-9-16)21(19(23)18(12-22)26-15)25-14-17-10-6-3-7-11-17/h2-11,15,18-23H,12-14H2,1H3/t15-,18?,19+,20?,21+/m0/s1. The fourth-order valence-electron chi connectivity index (χ4n) is 3.21. The van der Waals surface area contributed by atoms with Crippen LogP contribution in [0.15, 0.2) is 60.7 Å². The molecule has 5 atom stereocenters. The number of ether oxygens (including phenoxy) is 3. The van der Waals surface area contributed by atoms with E-state index in [9.17, 15) is 10.2 Å². The number of aliphatic hydroxyl groups excluding tert-OH is 2. The fourth-order valence-corrected chi connectivity index (χ4v) is 3.21. The Labute approximate surface area is 154 Å². The lowest BCUT2D eigenvalue weighted by molar-refractivity contribution is -0.253. The van der Waals surface area contributed by atoms with Crippen molar-refractivity contribution in [1.82, 2.24) is 0 Å². The van der Waals surface area contributed by atoms with Crippen LogP contribution in [0.3, 0.4) is 0 Å². The van der Waals surface area contributed by atoms with E-state index in [0.29, 0.717) is 13.2 Å². The molecule has 2 N–H and O–H groups in total. The molecule has 26 heavy (non-hydrogen) atoms. The van der Waals surface area contributed by atoms with Gasteiger partial charge in [-0.2, -0.15) is 0 Å². The quantitative estimate of drug-likeness (QED) is 0.795. The summed E-state index contributed by atoms with van der Waals surface area (Å²) in [7, 11) is 0. The molecular formula is C21H26O5. The van der Waals surface area contributed by atoms with E-state index >= 15 is 0 Å². The first-order chi connectivity index (χ1) is 12.7. The third kappa shape index (κ3) is 4.69. The van der Waals surface area contributed by atoms with Gasteiger partial charge in [-0.15, -0.1) is 0 Å². The van der Waals surface area contributed by atoms with Crippen molar-refractivity contribution in [1.29, 1.82) is 0 Å². The van der Waals surface area contributed by atoms with Gasteiger partial charge in [0.15, 0.2) is 0 Å². The molecule has 0 radical (unpaired) electrons. The molecule has 1 saturated heterocycles. The van der Waals surface area contributed by atoms with Crippen LogP contribution in [0.1, 0.15) is 18.1 Å². The van der Waals surface area contributed by atoms with Crippen LogP contribution in [0.5, 0.6) is 0 Å². The number of aliphatic hydroxyl groups is 2. The summed E-state index contributed by atoms with van der Waals surface area (Å²) in [6, 6.07) is 19.6. The summed E-state index contributed by atoms with van der Waals surface area (Å²) in [4.78, 5) is 0. The van der Waals surface area contributed by atoms with Crippen molar-refractivity contribution in [3.63, 3.8) is 0 Å². The Morgan fingerprint density at radius 3 is 1.85 bits per heavy atom. The molecule has 0 saturated carbocycles. The second-order valence-corrected chi connectivity index (χ2v) is 6.58. The third-order valence-electron chi connectivity index (χ3n) is 4.64. The Balaban J connectivity index is 1.69. The molecule has 1 aliphatic rings. The van der Waals surface area contributed by atoms with E-state index in [-0.39, 0.29) is 12.7 Å². The number of benzene rings is 2. The van der Waals surface area contributed by atoms with Gasteiger partial charge >= 0.3 is 0 Å². The maximum absolute atomic E-state index is 10.6. The van der Waals surface area contributed by atoms with Crippen LogP contribution in [-0.2, 0) is 27.4 Å². The topological polar surface area (TPSA) is 68.2 Å². The van der Waals surface area contributed by atoms with Crippen molar-refractivity contribution in [2.45, 2.75) is 50.7 Å². The molecule has 5 nitrogen and oxygen atoms in total. The Morgan fingerprint density at radius 1 is 0.846 bits per heavy atom. The van der Waals surface area contributed by atoms with E-state index in [1.165, 1.54) is 0 Å². The molecule has 5 heteroatoms. The van der Waals surface area contributed by atoms with E-state index in [2.05, 4.69) is 0 Å². The minimum Gasteiger partial charge on any atom is -0.394 e. The predicted octanol–water partition coefficient (Wildman–Crippen LogP) is 2.30. The molecule has 3 rings (SSSR count). The van der Waals surface area contributed by atoms with Gasteiger partial charge in [0.25, 0.3) is 0 Å². The number of rotatable bonds is 7. The largest absolute Gasteiger partial charge is 0.394 e. The van der Waals surface area contributed by atoms with Crippen molar-refractivity contribution >= 4 is 0 Å². The predicted molar refractivity (Wildman–Crippen MR) is 97.5 cm³/mol. The summed E-state index contributed by atoms with van der Waals surface area (Å²) in [5, 5.41) is 20.1. The highest BCUT2D eigenvalue weighted by Crippen LogP contribution is 2.27. The van der Waals surface area contributed by atoms with E-state index in [0.717, 1.165) is 11.1 Å². The van der Waals surface area contributed by atoms with Crippen LogP contribution in [0, 0.1) is 0 Å². The van der Waals surface area contributed by atoms with Gasteiger partial charge in [0.1, 0.15) is 24.4 Å². The Hall–Kier alpha value is -1.76. The van der Waals surface area contributed by atoms with E-state index < -0.39 is 24.4 Å². The van der Waals surface area contributed by atoms with Gasteiger partial charge in [-0.25, -0.2) is 0 Å². The summed E-state index contributed by atoms with van der Waals surface area (Å²) in [6.07, 6.45) is -2.96. The molecule has 1 fully saturated rings. The van der Waals surface area contributed by atoms with Gasteiger partial charge in [0.2, 0.25) is 0 Å². The number of hydrogen-bond donors (Lipinski definition) is 2. The zero-order valence-corrected chi connectivity index (χ0v) is 14.9. The van der Waals surface area contributed by atoms with Crippen molar-refractivity contribution in [3.05, 3.63) is 71.8 Å². The van der Waals surface area contributed by atoms with Crippen molar-refractivity contribution in [2.24, 2.45) is 0 Å². The summed E-state index contributed by atoms with van der Waals surface area (Å²) in [6.45, 7) is 2.38. The van der Waals surface area contributed by atoms with Crippen LogP contribution in [-0.4, -0.2) is 47.3 Å². The lowest BCUT2D eigenvalue weighted by Gasteiger charge is -2.43. The maximum Gasteiger partial charge on any atom is 0.115 e. The van der Waals surface area contributed by atoms with Gasteiger partial charge in [-0.3, -0.25) is 0 Å². The van der Waals surface area contributed by atoms with Crippen LogP contribution < -0.4 is 0 Å². The smallest absolute Gasteiger partial charge is 0.115 e. The lowest BCUT2D eigenvalue weighted by Crippen LogP contribution is -2.59. The molecule has 2 aromatic rings. The van der Waals surface area contributed by atoms with Crippen LogP contribution in [0.25, 0.3) is 0 Å². The van der Waals surface area contributed by atoms with Gasteiger partial charge in [-0.1, -0.05) is 60.7 Å². The second kappa shape index (κ2) is 9.26. The molecule has 0 bridgehead atoms. The highest BCUT2D eigenvalue weighted by Gasteiger charge is 2.44. The minimum atomic E-state index is -0.958. The third-order valence-corrected chi connectivity index (χ3v) is 4.64. The summed E-state index contributed by atoms with van der Waals surface area (Å²) in [5.74, 6) is 0. The SMILES string of the molecule is C[C@@H]1OC(CO)[C@@H](O)[C@@H](OCc2ccccc2)C1OCc1ccccc1. The molecule has 2 aromatic carbocycles. The maximum atomic E-state index is 10.6. The van der Waals surface area contributed by atoms with E-state index in [1.807, 2.05) is 67.6 Å². The highest BCUT2D eigenvalue weighted by atomic mass is 16.6. The fraction of sp³-hybridized carbons (Fsp3) is 0.429. The molecule has 1 heterocycles. The van der Waals surface area contributed by atoms with Crippen LogP contribution >= 0.6 is 0 Å². The van der Waals surface area contributed by atoms with Crippen molar-refractivity contribution in [3.8, 4) is 0 Å². The summed E-state index contributed by atoms with van der Waals surface area (Å²) >= 11 is 0. The first kappa shape index (κ1) is 19.0. The van der Waals surface area contributed by atoms with Gasteiger partial charge < -0.3 is 24.4 Å². The first-order valence-corrected chi connectivity index (χ1v) is 8.94.